The van der Waals surface area contributed by atoms with Crippen molar-refractivity contribution in [2.45, 2.75) is 4.90 Å². The second-order valence-corrected chi connectivity index (χ2v) is 2.77. The highest BCUT2D eigenvalue weighted by molar-refractivity contribution is 7.80. The van der Waals surface area contributed by atoms with E-state index in [2.05, 4.69) is 21.9 Å². The molecule has 1 atom stereocenters. The summed E-state index contributed by atoms with van der Waals surface area (Å²) in [6.45, 7) is 0. The highest BCUT2D eigenvalue weighted by atomic mass is 32.1. The third-order valence-corrected chi connectivity index (χ3v) is 1.58. The van der Waals surface area contributed by atoms with E-state index in [1.165, 1.54) is 5.30 Å². The van der Waals surface area contributed by atoms with E-state index in [0.717, 1.165) is 4.90 Å². The minimum Gasteiger partial charge on any atom is -0.143 e. The Labute approximate surface area is 56.9 Å². The van der Waals surface area contributed by atoms with E-state index in [9.17, 15) is 0 Å². The molecule has 0 saturated heterocycles. The number of hydrogen-bond acceptors (Lipinski definition) is 1. The maximum absolute atomic E-state index is 4.12. The van der Waals surface area contributed by atoms with E-state index in [4.69, 9.17) is 0 Å². The SMILES string of the molecule is Pc1ccc(S)cc1. The second-order valence-electron chi connectivity index (χ2n) is 1.59. The molecule has 0 aliphatic heterocycles. The average Bonchev–Trinajstić information content (AvgIpc) is 1.77. The van der Waals surface area contributed by atoms with E-state index in [-0.39, 0.29) is 0 Å². The molecule has 1 aromatic rings. The highest BCUT2D eigenvalue weighted by Gasteiger charge is 1.80. The van der Waals surface area contributed by atoms with Gasteiger partial charge in [0, 0.05) is 4.90 Å². The van der Waals surface area contributed by atoms with Crippen molar-refractivity contribution in [1.82, 2.24) is 0 Å². The Morgan fingerprint density at radius 1 is 1.12 bits per heavy atom. The Kier molecular flexibility index (Phi) is 1.93. The van der Waals surface area contributed by atoms with Crippen LogP contribution >= 0.6 is 21.9 Å². The maximum atomic E-state index is 4.12. The van der Waals surface area contributed by atoms with E-state index >= 15 is 0 Å². The van der Waals surface area contributed by atoms with Crippen molar-refractivity contribution in [2.75, 3.05) is 0 Å². The zero-order valence-electron chi connectivity index (χ0n) is 4.33. The van der Waals surface area contributed by atoms with Gasteiger partial charge >= 0.3 is 0 Å². The van der Waals surface area contributed by atoms with Crippen LogP contribution in [0.4, 0.5) is 0 Å². The number of hydrogen-bond donors (Lipinski definition) is 1. The first kappa shape index (κ1) is 6.12. The highest BCUT2D eigenvalue weighted by Crippen LogP contribution is 2.02. The summed E-state index contributed by atoms with van der Waals surface area (Å²) in [5.41, 5.74) is 0. The molecule has 0 radical (unpaired) electrons. The lowest BCUT2D eigenvalue weighted by Crippen LogP contribution is -1.84. The molecule has 1 aromatic carbocycles. The zero-order valence-corrected chi connectivity index (χ0v) is 6.38. The van der Waals surface area contributed by atoms with Gasteiger partial charge in [0.05, 0.1) is 0 Å². The van der Waals surface area contributed by atoms with Crippen LogP contribution in [0.3, 0.4) is 0 Å². The Morgan fingerprint density at radius 3 is 2.00 bits per heavy atom. The molecule has 0 N–H and O–H groups in total. The fraction of sp³-hybridized carbons (Fsp3) is 0. The van der Waals surface area contributed by atoms with Gasteiger partial charge in [-0.15, -0.1) is 21.9 Å². The lowest BCUT2D eigenvalue weighted by atomic mass is 10.4. The number of rotatable bonds is 0. The predicted molar refractivity (Wildman–Crippen MR) is 43.0 cm³/mol. The Hall–Kier alpha value is -0.0000000000000000555. The number of thiol groups is 1. The normalized spacial score (nSPS) is 9.25. The summed E-state index contributed by atoms with van der Waals surface area (Å²) in [7, 11) is 2.62. The van der Waals surface area contributed by atoms with E-state index in [1.807, 2.05) is 24.3 Å². The van der Waals surface area contributed by atoms with Crippen molar-refractivity contribution in [3.8, 4) is 0 Å². The summed E-state index contributed by atoms with van der Waals surface area (Å²) >= 11 is 4.12. The van der Waals surface area contributed by atoms with Crippen molar-refractivity contribution >= 4 is 27.2 Å². The van der Waals surface area contributed by atoms with E-state index < -0.39 is 0 Å². The minimum atomic E-state index is 1.01. The summed E-state index contributed by atoms with van der Waals surface area (Å²) in [4.78, 5) is 1.01. The van der Waals surface area contributed by atoms with Crippen LogP contribution in [0.1, 0.15) is 0 Å². The van der Waals surface area contributed by atoms with Gasteiger partial charge in [0.1, 0.15) is 0 Å². The molecule has 42 valence electrons. The topological polar surface area (TPSA) is 0 Å². The molecule has 0 aromatic heterocycles. The van der Waals surface area contributed by atoms with Crippen LogP contribution in [0.25, 0.3) is 0 Å². The summed E-state index contributed by atoms with van der Waals surface area (Å²) in [5.74, 6) is 0. The maximum Gasteiger partial charge on any atom is 0.00404 e. The standard InChI is InChI=1S/C6H7PS/c7-5-1-3-6(8)4-2-5/h1-4,8H,7H2. The molecule has 2 heteroatoms. The third-order valence-electron chi connectivity index (χ3n) is 0.893. The van der Waals surface area contributed by atoms with Gasteiger partial charge in [-0.05, 0) is 17.4 Å². The molecule has 0 aliphatic rings. The molecule has 0 saturated carbocycles. The summed E-state index contributed by atoms with van der Waals surface area (Å²) in [6, 6.07) is 7.94. The zero-order chi connectivity index (χ0) is 5.98. The second kappa shape index (κ2) is 2.52. The first-order valence-electron chi connectivity index (χ1n) is 2.33. The van der Waals surface area contributed by atoms with Crippen LogP contribution < -0.4 is 5.30 Å². The predicted octanol–water partition coefficient (Wildman–Crippen LogP) is 1.48. The van der Waals surface area contributed by atoms with Gasteiger partial charge < -0.3 is 0 Å². The summed E-state index contributed by atoms with van der Waals surface area (Å²) in [6.07, 6.45) is 0. The smallest absolute Gasteiger partial charge is 0.00404 e. The fourth-order valence-electron chi connectivity index (χ4n) is 0.474. The van der Waals surface area contributed by atoms with Gasteiger partial charge in [-0.2, -0.15) is 0 Å². The number of benzene rings is 1. The van der Waals surface area contributed by atoms with Crippen LogP contribution in [-0.2, 0) is 0 Å². The molecule has 1 rings (SSSR count). The Bertz CT molecular complexity index is 147. The van der Waals surface area contributed by atoms with Crippen molar-refractivity contribution in [2.24, 2.45) is 0 Å². The van der Waals surface area contributed by atoms with Crippen LogP contribution in [0, 0.1) is 0 Å². The Balaban J connectivity index is 3.03. The van der Waals surface area contributed by atoms with Gasteiger partial charge in [-0.25, -0.2) is 0 Å². The first-order chi connectivity index (χ1) is 3.79. The van der Waals surface area contributed by atoms with E-state index in [0.29, 0.717) is 0 Å². The van der Waals surface area contributed by atoms with Crippen molar-refractivity contribution < 1.29 is 0 Å². The molecule has 0 amide bonds. The summed E-state index contributed by atoms with van der Waals surface area (Å²) < 4.78 is 0. The van der Waals surface area contributed by atoms with Crippen molar-refractivity contribution in [1.29, 1.82) is 0 Å². The monoisotopic (exact) mass is 142 g/mol. The molecule has 0 heterocycles. The molecular weight excluding hydrogens is 135 g/mol. The lowest BCUT2D eigenvalue weighted by Gasteiger charge is -1.89. The minimum absolute atomic E-state index is 1.01. The van der Waals surface area contributed by atoms with Gasteiger partial charge in [0.15, 0.2) is 0 Å². The van der Waals surface area contributed by atoms with Crippen molar-refractivity contribution in [3.63, 3.8) is 0 Å². The quantitative estimate of drug-likeness (QED) is 0.411. The van der Waals surface area contributed by atoms with Gasteiger partial charge in [-0.3, -0.25) is 0 Å². The molecule has 0 aliphatic carbocycles. The molecule has 0 fully saturated rings. The molecule has 0 spiro atoms. The van der Waals surface area contributed by atoms with Crippen LogP contribution in [0.5, 0.6) is 0 Å². The fourth-order valence-corrected chi connectivity index (χ4v) is 0.816. The van der Waals surface area contributed by atoms with Gasteiger partial charge in [0.2, 0.25) is 0 Å². The van der Waals surface area contributed by atoms with Gasteiger partial charge in [0.25, 0.3) is 0 Å². The van der Waals surface area contributed by atoms with Gasteiger partial charge in [-0.1, -0.05) is 12.1 Å². The molecule has 0 bridgehead atoms. The summed E-state index contributed by atoms with van der Waals surface area (Å²) in [5, 5.41) is 1.20. The molecule has 8 heavy (non-hydrogen) atoms. The van der Waals surface area contributed by atoms with E-state index in [1.54, 1.807) is 0 Å². The first-order valence-corrected chi connectivity index (χ1v) is 3.36. The third kappa shape index (κ3) is 1.50. The molecular formula is C6H7PS. The Morgan fingerprint density at radius 2 is 1.62 bits per heavy atom. The molecule has 0 nitrogen and oxygen atoms in total. The average molecular weight is 142 g/mol. The van der Waals surface area contributed by atoms with Crippen LogP contribution in [0.15, 0.2) is 29.2 Å². The largest absolute Gasteiger partial charge is 0.143 e. The van der Waals surface area contributed by atoms with Crippen molar-refractivity contribution in [3.05, 3.63) is 24.3 Å². The van der Waals surface area contributed by atoms with Crippen LogP contribution in [0.2, 0.25) is 0 Å². The molecule has 1 unspecified atom stereocenters. The van der Waals surface area contributed by atoms with Crippen LogP contribution in [-0.4, -0.2) is 0 Å². The lowest BCUT2D eigenvalue weighted by molar-refractivity contribution is 1.50.